The lowest BCUT2D eigenvalue weighted by atomic mass is 10.1. The van der Waals surface area contributed by atoms with E-state index in [1.165, 1.54) is 64.2 Å². The summed E-state index contributed by atoms with van der Waals surface area (Å²) >= 11 is 0. The number of halogens is 1. The Hall–Kier alpha value is -0.540. The molecule has 3 heteroatoms. The number of para-hydroxylation sites is 1. The summed E-state index contributed by atoms with van der Waals surface area (Å²) in [5.74, 6) is 0.950. The molecule has 1 N–H and O–H groups in total. The smallest absolute Gasteiger partial charge is 0.119 e. The van der Waals surface area contributed by atoms with Gasteiger partial charge in [0.15, 0.2) is 0 Å². The molecule has 1 aromatic rings. The Bertz CT molecular complexity index is 394. The second kappa shape index (κ2) is 15.7. The minimum Gasteiger partial charge on any atom is -0.492 e. The Morgan fingerprint density at radius 2 is 1.32 bits per heavy atom. The fourth-order valence-corrected chi connectivity index (χ4v) is 2.87. The summed E-state index contributed by atoms with van der Waals surface area (Å²) < 4.78 is 5.86. The van der Waals surface area contributed by atoms with Crippen LogP contribution in [0.4, 0.5) is 0 Å². The van der Waals surface area contributed by atoms with Crippen LogP contribution in [0.25, 0.3) is 0 Å². The van der Waals surface area contributed by atoms with E-state index in [1.807, 2.05) is 30.3 Å². The summed E-state index contributed by atoms with van der Waals surface area (Å²) in [4.78, 5) is 0. The van der Waals surface area contributed by atoms with Gasteiger partial charge in [-0.15, -0.1) is 17.0 Å². The molecule has 0 radical (unpaired) electrons. The number of hydrogen-bond donors (Lipinski definition) is 1. The largest absolute Gasteiger partial charge is 0.492 e. The molecule has 0 aliphatic carbocycles. The fourth-order valence-electron chi connectivity index (χ4n) is 2.87. The molecule has 0 unspecified atom stereocenters. The van der Waals surface area contributed by atoms with Crippen LogP contribution in [0.3, 0.4) is 0 Å². The van der Waals surface area contributed by atoms with Crippen LogP contribution < -0.4 is 10.1 Å². The lowest BCUT2D eigenvalue weighted by Crippen LogP contribution is -2.45. The van der Waals surface area contributed by atoms with Crippen LogP contribution in [0.15, 0.2) is 30.3 Å². The minimum absolute atomic E-state index is 0. The van der Waals surface area contributed by atoms with Crippen molar-refractivity contribution in [1.29, 1.82) is 0 Å². The second-order valence-electron chi connectivity index (χ2n) is 7.59. The summed E-state index contributed by atoms with van der Waals surface area (Å²) in [5.41, 5.74) is 0.0229. The molecule has 1 aromatic carbocycles. The average Bonchev–Trinajstić information content (AvgIpc) is 2.59. The van der Waals surface area contributed by atoms with Gasteiger partial charge in [-0.25, -0.2) is 0 Å². The van der Waals surface area contributed by atoms with Gasteiger partial charge in [0.05, 0.1) is 0 Å². The van der Waals surface area contributed by atoms with Gasteiger partial charge in [0.2, 0.25) is 0 Å². The zero-order valence-corrected chi connectivity index (χ0v) is 18.4. The van der Waals surface area contributed by atoms with Crippen LogP contribution in [0.1, 0.15) is 85.0 Å². The third-order valence-corrected chi connectivity index (χ3v) is 4.48. The quantitative estimate of drug-likeness (QED) is 0.314. The van der Waals surface area contributed by atoms with Gasteiger partial charge in [0.1, 0.15) is 12.4 Å². The summed E-state index contributed by atoms with van der Waals surface area (Å²) in [6, 6.07) is 10.1. The highest BCUT2D eigenvalue weighted by Gasteiger charge is 2.17. The highest BCUT2D eigenvalue weighted by Crippen LogP contribution is 2.13. The first-order chi connectivity index (χ1) is 11.6. The van der Waals surface area contributed by atoms with Crippen molar-refractivity contribution in [2.75, 3.05) is 13.2 Å². The zero-order valence-electron chi connectivity index (χ0n) is 16.7. The van der Waals surface area contributed by atoms with Gasteiger partial charge in [0, 0.05) is 5.54 Å². The van der Waals surface area contributed by atoms with E-state index < -0.39 is 0 Å². The number of unbranched alkanes of at least 4 members (excludes halogenated alkanes) is 9. The maximum absolute atomic E-state index is 5.86. The fraction of sp³-hybridized carbons (Fsp3) is 0.727. The lowest BCUT2D eigenvalue weighted by Gasteiger charge is -2.26. The standard InChI is InChI=1S/C22H39NO.BrH/c1-4-5-6-7-8-9-10-11-12-16-19-23-22(2,3)20-24-21-17-14-13-15-18-21;/h13-15,17-18,23H,4-12,16,19-20H2,1-3H3;1H. The molecular formula is C22H40BrNO. The summed E-state index contributed by atoms with van der Waals surface area (Å²) in [6.45, 7) is 8.50. The van der Waals surface area contributed by atoms with Gasteiger partial charge < -0.3 is 10.1 Å². The molecule has 146 valence electrons. The van der Waals surface area contributed by atoms with Crippen molar-refractivity contribution >= 4 is 17.0 Å². The van der Waals surface area contributed by atoms with Gasteiger partial charge in [-0.05, 0) is 38.9 Å². The summed E-state index contributed by atoms with van der Waals surface area (Å²) in [5, 5.41) is 3.63. The van der Waals surface area contributed by atoms with Crippen molar-refractivity contribution in [3.05, 3.63) is 30.3 Å². The summed E-state index contributed by atoms with van der Waals surface area (Å²) in [7, 11) is 0. The van der Waals surface area contributed by atoms with Crippen molar-refractivity contribution in [3.8, 4) is 5.75 Å². The predicted molar refractivity (Wildman–Crippen MR) is 116 cm³/mol. The van der Waals surface area contributed by atoms with Crippen LogP contribution in [-0.4, -0.2) is 18.7 Å². The predicted octanol–water partition coefficient (Wildman–Crippen LogP) is 6.93. The zero-order chi connectivity index (χ0) is 17.5. The van der Waals surface area contributed by atoms with E-state index in [1.54, 1.807) is 0 Å². The van der Waals surface area contributed by atoms with Crippen LogP contribution in [0.5, 0.6) is 5.75 Å². The molecule has 0 bridgehead atoms. The van der Waals surface area contributed by atoms with Gasteiger partial charge in [-0.1, -0.05) is 82.9 Å². The Labute approximate surface area is 166 Å². The number of ether oxygens (including phenoxy) is 1. The van der Waals surface area contributed by atoms with E-state index >= 15 is 0 Å². The van der Waals surface area contributed by atoms with E-state index in [0.717, 1.165) is 12.3 Å². The maximum Gasteiger partial charge on any atom is 0.119 e. The molecule has 0 aromatic heterocycles. The molecule has 0 atom stereocenters. The maximum atomic E-state index is 5.86. The van der Waals surface area contributed by atoms with Crippen LogP contribution in [0, 0.1) is 0 Å². The average molecular weight is 414 g/mol. The topological polar surface area (TPSA) is 21.3 Å². The van der Waals surface area contributed by atoms with Gasteiger partial charge in [-0.3, -0.25) is 0 Å². The molecule has 25 heavy (non-hydrogen) atoms. The first-order valence-corrected chi connectivity index (χ1v) is 10.1. The number of rotatable bonds is 15. The molecule has 0 spiro atoms. The van der Waals surface area contributed by atoms with E-state index in [4.69, 9.17) is 4.74 Å². The van der Waals surface area contributed by atoms with E-state index in [-0.39, 0.29) is 22.5 Å². The Balaban J connectivity index is 0.00000576. The second-order valence-corrected chi connectivity index (χ2v) is 7.59. The van der Waals surface area contributed by atoms with Crippen LogP contribution >= 0.6 is 17.0 Å². The summed E-state index contributed by atoms with van der Waals surface area (Å²) in [6.07, 6.45) is 13.9. The molecule has 0 saturated carbocycles. The van der Waals surface area contributed by atoms with E-state index in [9.17, 15) is 0 Å². The molecule has 2 nitrogen and oxygen atoms in total. The van der Waals surface area contributed by atoms with Gasteiger partial charge in [0.25, 0.3) is 0 Å². The third-order valence-electron chi connectivity index (χ3n) is 4.48. The SMILES string of the molecule is Br.CCCCCCCCCCCCNC(C)(C)COc1ccccc1. The number of benzene rings is 1. The highest BCUT2D eigenvalue weighted by atomic mass is 79.9. The van der Waals surface area contributed by atoms with E-state index in [0.29, 0.717) is 6.61 Å². The molecular weight excluding hydrogens is 374 g/mol. The van der Waals surface area contributed by atoms with Crippen molar-refractivity contribution in [2.24, 2.45) is 0 Å². The van der Waals surface area contributed by atoms with Gasteiger partial charge in [-0.2, -0.15) is 0 Å². The monoisotopic (exact) mass is 413 g/mol. The molecule has 0 saturated heterocycles. The molecule has 1 rings (SSSR count). The third kappa shape index (κ3) is 14.3. The Morgan fingerprint density at radius 1 is 0.800 bits per heavy atom. The molecule has 0 aliphatic rings. The van der Waals surface area contributed by atoms with E-state index in [2.05, 4.69) is 26.1 Å². The van der Waals surface area contributed by atoms with Crippen molar-refractivity contribution < 1.29 is 4.74 Å². The highest BCUT2D eigenvalue weighted by molar-refractivity contribution is 8.93. The van der Waals surface area contributed by atoms with Crippen molar-refractivity contribution in [2.45, 2.75) is 90.5 Å². The molecule has 0 aliphatic heterocycles. The van der Waals surface area contributed by atoms with Crippen molar-refractivity contribution in [3.63, 3.8) is 0 Å². The van der Waals surface area contributed by atoms with Gasteiger partial charge >= 0.3 is 0 Å². The normalized spacial score (nSPS) is 11.2. The number of hydrogen-bond acceptors (Lipinski definition) is 2. The first kappa shape index (κ1) is 24.5. The lowest BCUT2D eigenvalue weighted by molar-refractivity contribution is 0.208. The molecule has 0 fully saturated rings. The first-order valence-electron chi connectivity index (χ1n) is 10.1. The molecule has 0 amide bonds. The Kier molecular flexibility index (Phi) is 15.4. The van der Waals surface area contributed by atoms with Crippen molar-refractivity contribution in [1.82, 2.24) is 5.32 Å². The Morgan fingerprint density at radius 3 is 1.88 bits per heavy atom. The van der Waals surface area contributed by atoms with Crippen LogP contribution in [-0.2, 0) is 0 Å². The number of nitrogens with one attached hydrogen (secondary N) is 1. The minimum atomic E-state index is 0. The van der Waals surface area contributed by atoms with Crippen LogP contribution in [0.2, 0.25) is 0 Å². The molecule has 0 heterocycles.